The topological polar surface area (TPSA) is 24.5 Å². The molecule has 3 heteroatoms. The van der Waals surface area contributed by atoms with Crippen molar-refractivity contribution in [2.45, 2.75) is 32.0 Å². The molecule has 0 aliphatic carbocycles. The van der Waals surface area contributed by atoms with Crippen LogP contribution in [0.25, 0.3) is 0 Å². The fourth-order valence-electron chi connectivity index (χ4n) is 2.60. The maximum atomic E-state index is 5.43. The summed E-state index contributed by atoms with van der Waals surface area (Å²) in [5.41, 5.74) is 2.83. The minimum absolute atomic E-state index is 0.668. The summed E-state index contributed by atoms with van der Waals surface area (Å²) >= 11 is 0. The number of benzene rings is 1. The van der Waals surface area contributed by atoms with Gasteiger partial charge in [0, 0.05) is 32.3 Å². The molecule has 0 bridgehead atoms. The molecule has 0 unspecified atom stereocenters. The average Bonchev–Trinajstić information content (AvgIpc) is 2.42. The largest absolute Gasteiger partial charge is 0.381 e. The van der Waals surface area contributed by atoms with E-state index in [1.165, 1.54) is 11.1 Å². The van der Waals surface area contributed by atoms with E-state index in [1.54, 1.807) is 0 Å². The molecule has 1 aliphatic rings. The van der Waals surface area contributed by atoms with Crippen LogP contribution in [0.4, 0.5) is 0 Å². The predicted molar refractivity (Wildman–Crippen MR) is 74.5 cm³/mol. The fourth-order valence-corrected chi connectivity index (χ4v) is 2.60. The van der Waals surface area contributed by atoms with Crippen LogP contribution in [0.3, 0.4) is 0 Å². The molecule has 100 valence electrons. The summed E-state index contributed by atoms with van der Waals surface area (Å²) in [7, 11) is 4.23. The summed E-state index contributed by atoms with van der Waals surface area (Å²) in [6, 6.07) is 9.37. The van der Waals surface area contributed by atoms with Crippen LogP contribution in [0.1, 0.15) is 24.0 Å². The normalized spacial score (nSPS) is 17.3. The second-order valence-corrected chi connectivity index (χ2v) is 5.06. The van der Waals surface area contributed by atoms with Gasteiger partial charge in [0.05, 0.1) is 0 Å². The molecule has 0 spiro atoms. The van der Waals surface area contributed by atoms with Crippen LogP contribution >= 0.6 is 0 Å². The lowest BCUT2D eigenvalue weighted by atomic mass is 10.0. The van der Waals surface area contributed by atoms with Crippen LogP contribution in [0.2, 0.25) is 0 Å². The van der Waals surface area contributed by atoms with Gasteiger partial charge in [-0.25, -0.2) is 0 Å². The first-order chi connectivity index (χ1) is 8.81. The lowest BCUT2D eigenvalue weighted by Crippen LogP contribution is -2.36. The average molecular weight is 248 g/mol. The van der Waals surface area contributed by atoms with Crippen LogP contribution in [0.15, 0.2) is 24.3 Å². The Labute approximate surface area is 110 Å². The van der Waals surface area contributed by atoms with E-state index >= 15 is 0 Å². The van der Waals surface area contributed by atoms with Crippen molar-refractivity contribution in [3.63, 3.8) is 0 Å². The van der Waals surface area contributed by atoms with Crippen molar-refractivity contribution in [2.75, 3.05) is 27.3 Å². The Balaban J connectivity index is 1.99. The maximum absolute atomic E-state index is 5.43. The molecule has 0 aromatic heterocycles. The molecular weight excluding hydrogens is 224 g/mol. The van der Waals surface area contributed by atoms with Gasteiger partial charge in [0.2, 0.25) is 0 Å². The highest BCUT2D eigenvalue weighted by molar-refractivity contribution is 5.27. The van der Waals surface area contributed by atoms with E-state index in [4.69, 9.17) is 4.74 Å². The van der Waals surface area contributed by atoms with E-state index in [0.717, 1.165) is 39.1 Å². The molecular formula is C15H24N2O. The minimum Gasteiger partial charge on any atom is -0.381 e. The molecule has 1 heterocycles. The van der Waals surface area contributed by atoms with E-state index in [1.807, 2.05) is 7.05 Å². The first-order valence-electron chi connectivity index (χ1n) is 6.80. The zero-order valence-electron chi connectivity index (χ0n) is 11.5. The van der Waals surface area contributed by atoms with Crippen LogP contribution in [-0.4, -0.2) is 38.3 Å². The van der Waals surface area contributed by atoms with Crippen molar-refractivity contribution in [3.8, 4) is 0 Å². The third kappa shape index (κ3) is 3.55. The number of hydrogen-bond acceptors (Lipinski definition) is 3. The first-order valence-corrected chi connectivity index (χ1v) is 6.80. The summed E-state index contributed by atoms with van der Waals surface area (Å²) in [4.78, 5) is 2.47. The number of ether oxygens (including phenoxy) is 1. The van der Waals surface area contributed by atoms with Gasteiger partial charge in [-0.15, -0.1) is 0 Å². The van der Waals surface area contributed by atoms with Gasteiger partial charge in [-0.3, -0.25) is 4.90 Å². The molecule has 0 saturated carbocycles. The SMILES string of the molecule is CNCc1ccccc1CN(C)C1CCOCC1. The maximum Gasteiger partial charge on any atom is 0.0480 e. The van der Waals surface area contributed by atoms with Gasteiger partial charge in [0.15, 0.2) is 0 Å². The van der Waals surface area contributed by atoms with E-state index in [2.05, 4.69) is 41.5 Å². The lowest BCUT2D eigenvalue weighted by molar-refractivity contribution is 0.0406. The molecule has 0 radical (unpaired) electrons. The lowest BCUT2D eigenvalue weighted by Gasteiger charge is -2.31. The summed E-state index contributed by atoms with van der Waals surface area (Å²) in [6.07, 6.45) is 2.31. The fraction of sp³-hybridized carbons (Fsp3) is 0.600. The molecule has 1 fully saturated rings. The van der Waals surface area contributed by atoms with Crippen LogP contribution in [0, 0.1) is 0 Å². The molecule has 1 aromatic rings. The van der Waals surface area contributed by atoms with Gasteiger partial charge in [0.1, 0.15) is 0 Å². The molecule has 3 nitrogen and oxygen atoms in total. The standard InChI is InChI=1S/C15H24N2O/c1-16-11-13-5-3-4-6-14(13)12-17(2)15-7-9-18-10-8-15/h3-6,15-16H,7-12H2,1-2H3. The Morgan fingerprint density at radius 1 is 1.22 bits per heavy atom. The molecule has 1 N–H and O–H groups in total. The van der Waals surface area contributed by atoms with Gasteiger partial charge in [-0.2, -0.15) is 0 Å². The van der Waals surface area contributed by atoms with E-state index in [9.17, 15) is 0 Å². The van der Waals surface area contributed by atoms with Crippen molar-refractivity contribution in [1.82, 2.24) is 10.2 Å². The Bertz CT molecular complexity index is 361. The first kappa shape index (κ1) is 13.5. The van der Waals surface area contributed by atoms with Gasteiger partial charge < -0.3 is 10.1 Å². The van der Waals surface area contributed by atoms with Gasteiger partial charge in [-0.1, -0.05) is 24.3 Å². The van der Waals surface area contributed by atoms with Gasteiger partial charge in [-0.05, 0) is 38.1 Å². The predicted octanol–water partition coefficient (Wildman–Crippen LogP) is 2.02. The van der Waals surface area contributed by atoms with Crippen LogP contribution < -0.4 is 5.32 Å². The minimum atomic E-state index is 0.668. The Kier molecular flexibility index (Phi) is 5.17. The zero-order valence-corrected chi connectivity index (χ0v) is 11.5. The quantitative estimate of drug-likeness (QED) is 0.863. The Hall–Kier alpha value is -0.900. The monoisotopic (exact) mass is 248 g/mol. The van der Waals surface area contributed by atoms with E-state index < -0.39 is 0 Å². The number of nitrogens with zero attached hydrogens (tertiary/aromatic N) is 1. The molecule has 1 aliphatic heterocycles. The highest BCUT2D eigenvalue weighted by Crippen LogP contribution is 2.17. The highest BCUT2D eigenvalue weighted by atomic mass is 16.5. The summed E-state index contributed by atoms with van der Waals surface area (Å²) in [5, 5.41) is 3.24. The van der Waals surface area contributed by atoms with Crippen molar-refractivity contribution in [3.05, 3.63) is 35.4 Å². The number of nitrogens with one attached hydrogen (secondary N) is 1. The summed E-state index contributed by atoms with van der Waals surface area (Å²) in [5.74, 6) is 0. The molecule has 1 saturated heterocycles. The number of rotatable bonds is 5. The van der Waals surface area contributed by atoms with Gasteiger partial charge in [0.25, 0.3) is 0 Å². The van der Waals surface area contributed by atoms with E-state index in [0.29, 0.717) is 6.04 Å². The molecule has 2 rings (SSSR count). The van der Waals surface area contributed by atoms with Crippen molar-refractivity contribution in [2.24, 2.45) is 0 Å². The summed E-state index contributed by atoms with van der Waals surface area (Å²) in [6.45, 7) is 3.79. The molecule has 0 atom stereocenters. The zero-order chi connectivity index (χ0) is 12.8. The van der Waals surface area contributed by atoms with Gasteiger partial charge >= 0.3 is 0 Å². The summed E-state index contributed by atoms with van der Waals surface area (Å²) < 4.78 is 5.43. The molecule has 1 aromatic carbocycles. The van der Waals surface area contributed by atoms with Crippen LogP contribution in [0.5, 0.6) is 0 Å². The van der Waals surface area contributed by atoms with Crippen molar-refractivity contribution < 1.29 is 4.74 Å². The second-order valence-electron chi connectivity index (χ2n) is 5.06. The highest BCUT2D eigenvalue weighted by Gasteiger charge is 2.18. The van der Waals surface area contributed by atoms with Crippen molar-refractivity contribution >= 4 is 0 Å². The van der Waals surface area contributed by atoms with Crippen LogP contribution in [-0.2, 0) is 17.8 Å². The smallest absolute Gasteiger partial charge is 0.0480 e. The Morgan fingerprint density at radius 2 is 1.89 bits per heavy atom. The van der Waals surface area contributed by atoms with Crippen molar-refractivity contribution in [1.29, 1.82) is 0 Å². The van der Waals surface area contributed by atoms with E-state index in [-0.39, 0.29) is 0 Å². The third-order valence-electron chi connectivity index (χ3n) is 3.72. The molecule has 18 heavy (non-hydrogen) atoms. The number of hydrogen-bond donors (Lipinski definition) is 1. The Morgan fingerprint density at radius 3 is 2.56 bits per heavy atom. The third-order valence-corrected chi connectivity index (χ3v) is 3.72. The second kappa shape index (κ2) is 6.88. The molecule has 0 amide bonds.